The van der Waals surface area contributed by atoms with E-state index in [2.05, 4.69) is 31.9 Å². The Hall–Kier alpha value is -2.61. The lowest BCUT2D eigenvalue weighted by molar-refractivity contribution is 0.314. The quantitative estimate of drug-likeness (QED) is 0.758. The van der Waals surface area contributed by atoms with E-state index in [9.17, 15) is 4.79 Å². The minimum atomic E-state index is -0.114. The SMILES string of the molecule is Cc1cnc(CN2C[C@@H](C)[C@H](c3nc4c(cnn4C(C)C)c(=O)[nH]3)C2)cn1. The van der Waals surface area contributed by atoms with E-state index in [4.69, 9.17) is 4.98 Å². The van der Waals surface area contributed by atoms with Gasteiger partial charge in [0.25, 0.3) is 5.56 Å². The number of hydrogen-bond acceptors (Lipinski definition) is 6. The van der Waals surface area contributed by atoms with Gasteiger partial charge in [-0.25, -0.2) is 9.67 Å². The van der Waals surface area contributed by atoms with Gasteiger partial charge in [0, 0.05) is 44.0 Å². The van der Waals surface area contributed by atoms with Crippen LogP contribution in [0, 0.1) is 12.8 Å². The average Bonchev–Trinajstić information content (AvgIpc) is 3.20. The summed E-state index contributed by atoms with van der Waals surface area (Å²) in [5, 5.41) is 4.88. The first-order chi connectivity index (χ1) is 12.9. The number of aryl methyl sites for hydroxylation is 1. The molecule has 8 heteroatoms. The Bertz CT molecular complexity index is 1010. The Morgan fingerprint density at radius 1 is 1.22 bits per heavy atom. The van der Waals surface area contributed by atoms with Crippen LogP contribution in [0.15, 0.2) is 23.4 Å². The van der Waals surface area contributed by atoms with Crippen LogP contribution in [0.2, 0.25) is 0 Å². The maximum absolute atomic E-state index is 12.5. The number of aromatic nitrogens is 6. The third-order valence-electron chi connectivity index (χ3n) is 5.23. The van der Waals surface area contributed by atoms with E-state index >= 15 is 0 Å². The number of fused-ring (bicyclic) bond motifs is 1. The summed E-state index contributed by atoms with van der Waals surface area (Å²) >= 11 is 0. The van der Waals surface area contributed by atoms with E-state index < -0.39 is 0 Å². The molecule has 0 unspecified atom stereocenters. The number of hydrogen-bond donors (Lipinski definition) is 1. The first-order valence-corrected chi connectivity index (χ1v) is 9.39. The van der Waals surface area contributed by atoms with E-state index in [0.717, 1.165) is 36.8 Å². The van der Waals surface area contributed by atoms with Crippen molar-refractivity contribution in [2.24, 2.45) is 5.92 Å². The molecule has 8 nitrogen and oxygen atoms in total. The standard InChI is InChI=1S/C19H25N7O/c1-11(2)26-18-15(7-22-26)19(27)24-17(23-18)16-10-25(8-12(16)3)9-14-6-20-13(4)5-21-14/h5-7,11-12,16H,8-10H2,1-4H3,(H,23,24,27)/t12-,16-/m1/s1. The van der Waals surface area contributed by atoms with E-state index in [1.54, 1.807) is 12.4 Å². The molecule has 2 atom stereocenters. The topological polar surface area (TPSA) is 92.6 Å². The zero-order chi connectivity index (χ0) is 19.1. The summed E-state index contributed by atoms with van der Waals surface area (Å²) in [6.45, 7) is 10.7. The maximum atomic E-state index is 12.5. The van der Waals surface area contributed by atoms with Gasteiger partial charge in [0.2, 0.25) is 0 Å². The predicted octanol–water partition coefficient (Wildman–Crippen LogP) is 2.03. The molecule has 27 heavy (non-hydrogen) atoms. The van der Waals surface area contributed by atoms with E-state index in [1.807, 2.05) is 31.6 Å². The van der Waals surface area contributed by atoms with Crippen molar-refractivity contribution < 1.29 is 0 Å². The molecule has 0 bridgehead atoms. The molecule has 4 rings (SSSR count). The Balaban J connectivity index is 1.60. The molecule has 1 saturated heterocycles. The second-order valence-corrected chi connectivity index (χ2v) is 7.80. The van der Waals surface area contributed by atoms with Gasteiger partial charge in [-0.15, -0.1) is 0 Å². The lowest BCUT2D eigenvalue weighted by Gasteiger charge is -2.15. The summed E-state index contributed by atoms with van der Waals surface area (Å²) in [6, 6.07) is 0.155. The molecule has 0 spiro atoms. The zero-order valence-electron chi connectivity index (χ0n) is 16.2. The van der Waals surface area contributed by atoms with Gasteiger partial charge in [0.1, 0.15) is 11.2 Å². The number of aromatic amines is 1. The highest BCUT2D eigenvalue weighted by molar-refractivity contribution is 5.73. The third-order valence-corrected chi connectivity index (χ3v) is 5.23. The van der Waals surface area contributed by atoms with Gasteiger partial charge in [-0.3, -0.25) is 19.7 Å². The van der Waals surface area contributed by atoms with Gasteiger partial charge in [0.05, 0.1) is 17.6 Å². The fraction of sp³-hybridized carbons (Fsp3) is 0.526. The van der Waals surface area contributed by atoms with Gasteiger partial charge in [0.15, 0.2) is 5.65 Å². The average molecular weight is 367 g/mol. The molecule has 142 valence electrons. The molecular weight excluding hydrogens is 342 g/mol. The van der Waals surface area contributed by atoms with Crippen LogP contribution in [-0.4, -0.2) is 47.7 Å². The molecule has 1 N–H and O–H groups in total. The molecule has 1 aliphatic rings. The van der Waals surface area contributed by atoms with Crippen molar-refractivity contribution in [3.05, 3.63) is 46.2 Å². The molecule has 4 heterocycles. The summed E-state index contributed by atoms with van der Waals surface area (Å²) < 4.78 is 1.81. The van der Waals surface area contributed by atoms with Gasteiger partial charge < -0.3 is 4.98 Å². The van der Waals surface area contributed by atoms with Crippen molar-refractivity contribution in [3.8, 4) is 0 Å². The van der Waals surface area contributed by atoms with Gasteiger partial charge in [-0.2, -0.15) is 5.10 Å². The molecule has 0 saturated carbocycles. The van der Waals surface area contributed by atoms with Crippen LogP contribution < -0.4 is 5.56 Å². The fourth-order valence-corrected chi connectivity index (χ4v) is 3.79. The molecule has 3 aromatic rings. The molecule has 0 aromatic carbocycles. The lowest BCUT2D eigenvalue weighted by Crippen LogP contribution is -2.22. The van der Waals surface area contributed by atoms with Gasteiger partial charge >= 0.3 is 0 Å². The molecule has 0 aliphatic carbocycles. The molecule has 0 amide bonds. The van der Waals surface area contributed by atoms with Crippen LogP contribution in [0.25, 0.3) is 11.0 Å². The summed E-state index contributed by atoms with van der Waals surface area (Å²) in [5.74, 6) is 1.32. The van der Waals surface area contributed by atoms with Crippen molar-refractivity contribution in [2.75, 3.05) is 13.1 Å². The van der Waals surface area contributed by atoms with Gasteiger partial charge in [-0.05, 0) is 26.7 Å². The smallest absolute Gasteiger partial charge is 0.262 e. The minimum Gasteiger partial charge on any atom is -0.310 e. The molecular formula is C19H25N7O. The minimum absolute atomic E-state index is 0.114. The number of nitrogens with zero attached hydrogens (tertiary/aromatic N) is 6. The van der Waals surface area contributed by atoms with Crippen LogP contribution in [0.3, 0.4) is 0 Å². The van der Waals surface area contributed by atoms with Gasteiger partial charge in [-0.1, -0.05) is 6.92 Å². The van der Waals surface area contributed by atoms with Crippen LogP contribution >= 0.6 is 0 Å². The van der Waals surface area contributed by atoms with E-state index in [0.29, 0.717) is 17.0 Å². The second-order valence-electron chi connectivity index (χ2n) is 7.80. The first-order valence-electron chi connectivity index (χ1n) is 9.39. The van der Waals surface area contributed by atoms with E-state index in [1.165, 1.54) is 0 Å². The van der Waals surface area contributed by atoms with Crippen molar-refractivity contribution in [1.82, 2.24) is 34.6 Å². The summed E-state index contributed by atoms with van der Waals surface area (Å²) in [7, 11) is 0. The largest absolute Gasteiger partial charge is 0.310 e. The maximum Gasteiger partial charge on any atom is 0.262 e. The number of rotatable bonds is 4. The van der Waals surface area contributed by atoms with Crippen LogP contribution in [0.1, 0.15) is 49.9 Å². The summed E-state index contributed by atoms with van der Waals surface area (Å²) in [4.78, 5) is 31.4. The molecule has 1 fully saturated rings. The van der Waals surface area contributed by atoms with Crippen LogP contribution in [0.5, 0.6) is 0 Å². The molecule has 3 aromatic heterocycles. The van der Waals surface area contributed by atoms with Crippen LogP contribution in [0.4, 0.5) is 0 Å². The number of nitrogens with one attached hydrogen (secondary N) is 1. The summed E-state index contributed by atoms with van der Waals surface area (Å²) in [6.07, 6.45) is 5.23. The summed E-state index contributed by atoms with van der Waals surface area (Å²) in [5.41, 5.74) is 2.43. The number of H-pyrrole nitrogens is 1. The Labute approximate surface area is 157 Å². The zero-order valence-corrected chi connectivity index (χ0v) is 16.2. The highest BCUT2D eigenvalue weighted by atomic mass is 16.1. The van der Waals surface area contributed by atoms with Crippen molar-refractivity contribution in [3.63, 3.8) is 0 Å². The van der Waals surface area contributed by atoms with Crippen molar-refractivity contribution in [2.45, 2.75) is 46.2 Å². The predicted molar refractivity (Wildman–Crippen MR) is 102 cm³/mol. The fourth-order valence-electron chi connectivity index (χ4n) is 3.79. The normalized spacial score (nSPS) is 20.8. The molecule has 0 radical (unpaired) electrons. The van der Waals surface area contributed by atoms with Crippen molar-refractivity contribution in [1.29, 1.82) is 0 Å². The Morgan fingerprint density at radius 3 is 2.74 bits per heavy atom. The number of likely N-dealkylation sites (tertiary alicyclic amines) is 1. The lowest BCUT2D eigenvalue weighted by atomic mass is 9.97. The third kappa shape index (κ3) is 3.37. The van der Waals surface area contributed by atoms with E-state index in [-0.39, 0.29) is 17.5 Å². The monoisotopic (exact) mass is 367 g/mol. The first kappa shape index (κ1) is 17.8. The van der Waals surface area contributed by atoms with Crippen LogP contribution in [-0.2, 0) is 6.54 Å². The highest BCUT2D eigenvalue weighted by Gasteiger charge is 2.33. The second kappa shape index (κ2) is 6.84. The Kier molecular flexibility index (Phi) is 4.51. The highest BCUT2D eigenvalue weighted by Crippen LogP contribution is 2.31. The Morgan fingerprint density at radius 2 is 2.04 bits per heavy atom. The molecule has 1 aliphatic heterocycles. The van der Waals surface area contributed by atoms with Crippen molar-refractivity contribution >= 4 is 11.0 Å².